The first-order chi connectivity index (χ1) is 9.88. The largest absolute Gasteiger partial charge is 0.335 e. The van der Waals surface area contributed by atoms with Crippen molar-refractivity contribution in [1.82, 2.24) is 9.88 Å². The van der Waals surface area contributed by atoms with Gasteiger partial charge in [0.15, 0.2) is 0 Å². The second kappa shape index (κ2) is 6.46. The van der Waals surface area contributed by atoms with Crippen LogP contribution < -0.4 is 0 Å². The van der Waals surface area contributed by atoms with Gasteiger partial charge in [0, 0.05) is 12.6 Å². The molecule has 1 aromatic carbocycles. The molecule has 21 heavy (non-hydrogen) atoms. The minimum Gasteiger partial charge on any atom is -0.335 e. The second-order valence-electron chi connectivity index (χ2n) is 5.00. The molecule has 0 spiro atoms. The SMILES string of the molecule is Cc1ccc(C(C)N(C)C(=O)c2cc(Cl)nc(Cl)c2)cc1. The van der Waals surface area contributed by atoms with Crippen LogP contribution in [-0.4, -0.2) is 22.8 Å². The van der Waals surface area contributed by atoms with Gasteiger partial charge in [-0.05, 0) is 31.5 Å². The Morgan fingerprint density at radius 3 is 2.19 bits per heavy atom. The van der Waals surface area contributed by atoms with Gasteiger partial charge >= 0.3 is 0 Å². The predicted molar refractivity (Wildman–Crippen MR) is 85.9 cm³/mol. The van der Waals surface area contributed by atoms with Crippen LogP contribution in [0.25, 0.3) is 0 Å². The van der Waals surface area contributed by atoms with E-state index in [-0.39, 0.29) is 22.3 Å². The molecule has 0 saturated heterocycles. The van der Waals surface area contributed by atoms with E-state index in [0.29, 0.717) is 5.56 Å². The van der Waals surface area contributed by atoms with Crippen LogP contribution >= 0.6 is 23.2 Å². The third-order valence-electron chi connectivity index (χ3n) is 3.47. The Balaban J connectivity index is 2.23. The zero-order chi connectivity index (χ0) is 15.6. The molecule has 1 amide bonds. The molecular weight excluding hydrogens is 307 g/mol. The highest BCUT2D eigenvalue weighted by Crippen LogP contribution is 2.23. The number of aryl methyl sites for hydroxylation is 1. The van der Waals surface area contributed by atoms with Crippen molar-refractivity contribution < 1.29 is 4.79 Å². The summed E-state index contributed by atoms with van der Waals surface area (Å²) < 4.78 is 0. The molecule has 0 fully saturated rings. The lowest BCUT2D eigenvalue weighted by Gasteiger charge is -2.25. The van der Waals surface area contributed by atoms with Gasteiger partial charge in [-0.2, -0.15) is 0 Å². The molecule has 0 aliphatic carbocycles. The van der Waals surface area contributed by atoms with Crippen molar-refractivity contribution in [2.45, 2.75) is 19.9 Å². The monoisotopic (exact) mass is 322 g/mol. The molecule has 1 aromatic heterocycles. The molecule has 0 saturated carbocycles. The van der Waals surface area contributed by atoms with E-state index in [9.17, 15) is 4.79 Å². The average Bonchev–Trinajstić information content (AvgIpc) is 2.44. The van der Waals surface area contributed by atoms with Crippen molar-refractivity contribution in [2.24, 2.45) is 0 Å². The summed E-state index contributed by atoms with van der Waals surface area (Å²) in [5.41, 5.74) is 2.69. The van der Waals surface area contributed by atoms with Crippen LogP contribution in [0.3, 0.4) is 0 Å². The van der Waals surface area contributed by atoms with Crippen molar-refractivity contribution in [3.8, 4) is 0 Å². The fourth-order valence-corrected chi connectivity index (χ4v) is 2.50. The molecular formula is C16H16Cl2N2O. The van der Waals surface area contributed by atoms with Crippen molar-refractivity contribution in [1.29, 1.82) is 0 Å². The van der Waals surface area contributed by atoms with Crippen LogP contribution in [0.1, 0.15) is 34.5 Å². The smallest absolute Gasteiger partial charge is 0.254 e. The van der Waals surface area contributed by atoms with Crippen LogP contribution in [-0.2, 0) is 0 Å². The zero-order valence-electron chi connectivity index (χ0n) is 12.1. The van der Waals surface area contributed by atoms with Crippen molar-refractivity contribution in [2.75, 3.05) is 7.05 Å². The first kappa shape index (κ1) is 15.8. The number of benzene rings is 1. The van der Waals surface area contributed by atoms with Gasteiger partial charge in [-0.15, -0.1) is 0 Å². The summed E-state index contributed by atoms with van der Waals surface area (Å²) in [4.78, 5) is 18.0. The lowest BCUT2D eigenvalue weighted by Crippen LogP contribution is -2.29. The maximum Gasteiger partial charge on any atom is 0.254 e. The maximum atomic E-state index is 12.5. The standard InChI is InChI=1S/C16H16Cl2N2O/c1-10-4-6-12(7-5-10)11(2)20(3)16(21)13-8-14(17)19-15(18)9-13/h4-9,11H,1-3H3. The fraction of sp³-hybridized carbons (Fsp3) is 0.250. The molecule has 1 heterocycles. The summed E-state index contributed by atoms with van der Waals surface area (Å²) in [6.07, 6.45) is 0. The molecule has 3 nitrogen and oxygen atoms in total. The summed E-state index contributed by atoms with van der Waals surface area (Å²) >= 11 is 11.7. The Hall–Kier alpha value is -1.58. The normalized spacial score (nSPS) is 12.0. The van der Waals surface area contributed by atoms with Crippen molar-refractivity contribution >= 4 is 29.1 Å². The Morgan fingerprint density at radius 1 is 1.14 bits per heavy atom. The van der Waals surface area contributed by atoms with Crippen molar-refractivity contribution in [3.05, 3.63) is 63.4 Å². The number of halogens is 2. The van der Waals surface area contributed by atoms with E-state index in [1.165, 1.54) is 17.7 Å². The van der Waals surface area contributed by atoms with Gasteiger partial charge in [0.2, 0.25) is 0 Å². The van der Waals surface area contributed by atoms with Crippen LogP contribution in [0.4, 0.5) is 0 Å². The van der Waals surface area contributed by atoms with Crippen LogP contribution in [0.5, 0.6) is 0 Å². The lowest BCUT2D eigenvalue weighted by molar-refractivity contribution is 0.0742. The first-order valence-electron chi connectivity index (χ1n) is 6.55. The van der Waals surface area contributed by atoms with Gasteiger partial charge in [0.05, 0.1) is 6.04 Å². The van der Waals surface area contributed by atoms with Gasteiger partial charge < -0.3 is 4.90 Å². The molecule has 0 radical (unpaired) electrons. The number of hydrogen-bond donors (Lipinski definition) is 0. The summed E-state index contributed by atoms with van der Waals surface area (Å²) in [6.45, 7) is 4.01. The Morgan fingerprint density at radius 2 is 1.67 bits per heavy atom. The molecule has 2 aromatic rings. The molecule has 0 aliphatic heterocycles. The average molecular weight is 323 g/mol. The number of hydrogen-bond acceptors (Lipinski definition) is 2. The minimum atomic E-state index is -0.144. The number of amides is 1. The van der Waals surface area contributed by atoms with Crippen LogP contribution in [0.15, 0.2) is 36.4 Å². The molecule has 5 heteroatoms. The number of pyridine rings is 1. The lowest BCUT2D eigenvalue weighted by atomic mass is 10.0. The number of aromatic nitrogens is 1. The molecule has 110 valence electrons. The third kappa shape index (κ3) is 3.74. The molecule has 1 atom stereocenters. The van der Waals surface area contributed by atoms with E-state index in [1.54, 1.807) is 11.9 Å². The zero-order valence-corrected chi connectivity index (χ0v) is 13.6. The molecule has 0 N–H and O–H groups in total. The number of carbonyl (C=O) groups excluding carboxylic acids is 1. The molecule has 2 rings (SSSR count). The van der Waals surface area contributed by atoms with Gasteiger partial charge in [-0.3, -0.25) is 4.79 Å². The van der Waals surface area contributed by atoms with Gasteiger partial charge in [0.25, 0.3) is 5.91 Å². The molecule has 0 aliphatic rings. The van der Waals surface area contributed by atoms with E-state index in [4.69, 9.17) is 23.2 Å². The highest BCUT2D eigenvalue weighted by atomic mass is 35.5. The van der Waals surface area contributed by atoms with E-state index in [0.717, 1.165) is 5.56 Å². The summed E-state index contributed by atoms with van der Waals surface area (Å²) in [7, 11) is 1.76. The van der Waals surface area contributed by atoms with E-state index in [2.05, 4.69) is 4.98 Å². The first-order valence-corrected chi connectivity index (χ1v) is 7.31. The van der Waals surface area contributed by atoms with E-state index >= 15 is 0 Å². The van der Waals surface area contributed by atoms with Crippen LogP contribution in [0.2, 0.25) is 10.3 Å². The fourth-order valence-electron chi connectivity index (χ4n) is 2.04. The third-order valence-corrected chi connectivity index (χ3v) is 3.86. The molecule has 0 bridgehead atoms. The number of nitrogens with zero attached hydrogens (tertiary/aromatic N) is 2. The molecule has 1 unspecified atom stereocenters. The predicted octanol–water partition coefficient (Wildman–Crippen LogP) is 4.53. The highest BCUT2D eigenvalue weighted by Gasteiger charge is 2.19. The Labute approximate surface area is 134 Å². The highest BCUT2D eigenvalue weighted by molar-refractivity contribution is 6.33. The van der Waals surface area contributed by atoms with Gasteiger partial charge in [-0.25, -0.2) is 4.98 Å². The quantitative estimate of drug-likeness (QED) is 0.778. The summed E-state index contributed by atoms with van der Waals surface area (Å²) in [6, 6.07) is 11.1. The number of rotatable bonds is 3. The number of carbonyl (C=O) groups is 1. The maximum absolute atomic E-state index is 12.5. The summed E-state index contributed by atoms with van der Waals surface area (Å²) in [5, 5.41) is 0.421. The van der Waals surface area contributed by atoms with E-state index in [1.807, 2.05) is 38.1 Å². The Kier molecular flexibility index (Phi) is 4.86. The van der Waals surface area contributed by atoms with Crippen molar-refractivity contribution in [3.63, 3.8) is 0 Å². The minimum absolute atomic E-state index is 0.0520. The van der Waals surface area contributed by atoms with E-state index < -0.39 is 0 Å². The summed E-state index contributed by atoms with van der Waals surface area (Å²) in [5.74, 6) is -0.144. The van der Waals surface area contributed by atoms with Crippen LogP contribution in [0, 0.1) is 6.92 Å². The van der Waals surface area contributed by atoms with Gasteiger partial charge in [0.1, 0.15) is 10.3 Å². The topological polar surface area (TPSA) is 33.2 Å². The van der Waals surface area contributed by atoms with Gasteiger partial charge in [-0.1, -0.05) is 53.0 Å². The second-order valence-corrected chi connectivity index (χ2v) is 5.78. The Bertz CT molecular complexity index is 636.